The van der Waals surface area contributed by atoms with Crippen LogP contribution in [-0.4, -0.2) is 36.2 Å². The van der Waals surface area contributed by atoms with E-state index in [9.17, 15) is 5.11 Å². The van der Waals surface area contributed by atoms with E-state index in [-0.39, 0.29) is 30.6 Å². The quantitative estimate of drug-likeness (QED) is 0.756. The Morgan fingerprint density at radius 3 is 2.52 bits per heavy atom. The average molecular weight is 398 g/mol. The smallest absolute Gasteiger partial charge is 0.129 e. The second-order valence-corrected chi connectivity index (χ2v) is 6.03. The maximum atomic E-state index is 9.63. The van der Waals surface area contributed by atoms with E-state index in [4.69, 9.17) is 0 Å². The molecular formula is C15H23BrCl2N2O. The van der Waals surface area contributed by atoms with Crippen LogP contribution < -0.4 is 5.32 Å². The first kappa shape index (κ1) is 20.7. The molecule has 0 unspecified atom stereocenters. The molecule has 3 nitrogen and oxygen atoms in total. The molecule has 2 rings (SSSR count). The zero-order valence-electron chi connectivity index (χ0n) is 12.1. The Hall–Kier alpha value is -0.260. The summed E-state index contributed by atoms with van der Waals surface area (Å²) in [6, 6.07) is 6.13. The van der Waals surface area contributed by atoms with Crippen LogP contribution in [0.5, 0.6) is 5.75 Å². The number of phenolic OH excluding ortho intramolecular Hbond substituents is 1. The maximum absolute atomic E-state index is 9.63. The second kappa shape index (κ2) is 9.70. The van der Waals surface area contributed by atoms with Gasteiger partial charge in [-0.25, -0.2) is 0 Å². The largest absolute Gasteiger partial charge is 0.507 e. The molecule has 21 heavy (non-hydrogen) atoms. The van der Waals surface area contributed by atoms with Gasteiger partial charge in [-0.2, -0.15) is 0 Å². The van der Waals surface area contributed by atoms with Crippen LogP contribution in [0, 0.1) is 0 Å². The number of hydrogen-bond donors (Lipinski definition) is 2. The summed E-state index contributed by atoms with van der Waals surface area (Å²) in [6.45, 7) is 10.3. The van der Waals surface area contributed by atoms with E-state index in [1.165, 1.54) is 11.1 Å². The van der Waals surface area contributed by atoms with Crippen LogP contribution in [0.4, 0.5) is 0 Å². The number of hydrogen-bond acceptors (Lipinski definition) is 3. The fraction of sp³-hybridized carbons (Fsp3) is 0.467. The summed E-state index contributed by atoms with van der Waals surface area (Å²) >= 11 is 3.40. The number of halogens is 3. The van der Waals surface area contributed by atoms with E-state index < -0.39 is 0 Å². The van der Waals surface area contributed by atoms with Gasteiger partial charge in [0.25, 0.3) is 0 Å². The fourth-order valence-electron chi connectivity index (χ4n) is 2.51. The third-order valence-electron chi connectivity index (χ3n) is 3.49. The highest BCUT2D eigenvalue weighted by molar-refractivity contribution is 9.10. The van der Waals surface area contributed by atoms with E-state index in [0.29, 0.717) is 6.04 Å². The van der Waals surface area contributed by atoms with Crippen molar-refractivity contribution in [1.82, 2.24) is 10.2 Å². The summed E-state index contributed by atoms with van der Waals surface area (Å²) in [5, 5.41) is 13.0. The molecule has 1 atom stereocenters. The molecular weight excluding hydrogens is 375 g/mol. The van der Waals surface area contributed by atoms with Crippen molar-refractivity contribution >= 4 is 40.7 Å². The van der Waals surface area contributed by atoms with E-state index in [2.05, 4.69) is 39.6 Å². The van der Waals surface area contributed by atoms with Crippen molar-refractivity contribution in [1.29, 1.82) is 0 Å². The molecule has 1 saturated heterocycles. The summed E-state index contributed by atoms with van der Waals surface area (Å²) < 4.78 is 0.756. The Kier molecular flexibility index (Phi) is 9.58. The number of aromatic hydroxyl groups is 1. The Bertz CT molecular complexity index is 465. The number of rotatable bonds is 4. The third-order valence-corrected chi connectivity index (χ3v) is 4.13. The molecule has 0 aliphatic carbocycles. The maximum Gasteiger partial charge on any atom is 0.129 e. The molecule has 0 bridgehead atoms. The van der Waals surface area contributed by atoms with Gasteiger partial charge in [0, 0.05) is 32.2 Å². The SMILES string of the molecule is C=C(C)C[C@H](c1ccc(O)c(Br)c1)N1CCNCC1.Cl.Cl. The Labute approximate surface area is 147 Å². The summed E-state index contributed by atoms with van der Waals surface area (Å²) in [5.41, 5.74) is 2.42. The molecule has 1 heterocycles. The first-order valence-electron chi connectivity index (χ1n) is 6.65. The zero-order chi connectivity index (χ0) is 13.8. The lowest BCUT2D eigenvalue weighted by Crippen LogP contribution is -2.45. The molecule has 1 aromatic carbocycles. The van der Waals surface area contributed by atoms with Crippen LogP contribution in [0.3, 0.4) is 0 Å². The minimum atomic E-state index is 0. The molecule has 0 amide bonds. The molecule has 0 saturated carbocycles. The Morgan fingerprint density at radius 1 is 1.38 bits per heavy atom. The standard InChI is InChI=1S/C15H21BrN2O.2ClH/c1-11(2)9-14(18-7-5-17-6-8-18)12-3-4-15(19)13(16)10-12;;/h3-4,10,14,17,19H,1,5-9H2,2H3;2*1H/t14-;;/m1../s1. The summed E-state index contributed by atoms with van der Waals surface area (Å²) in [6.07, 6.45) is 0.956. The van der Waals surface area contributed by atoms with Gasteiger partial charge in [0.1, 0.15) is 5.75 Å². The predicted molar refractivity (Wildman–Crippen MR) is 96.9 cm³/mol. The van der Waals surface area contributed by atoms with Crippen molar-refractivity contribution in [3.63, 3.8) is 0 Å². The topological polar surface area (TPSA) is 35.5 Å². The van der Waals surface area contributed by atoms with E-state index in [1.54, 1.807) is 6.07 Å². The molecule has 1 aromatic rings. The fourth-order valence-corrected chi connectivity index (χ4v) is 2.91. The minimum Gasteiger partial charge on any atom is -0.507 e. The first-order chi connectivity index (χ1) is 9.08. The summed E-state index contributed by atoms with van der Waals surface area (Å²) in [5.74, 6) is 0.290. The summed E-state index contributed by atoms with van der Waals surface area (Å²) in [4.78, 5) is 2.49. The third kappa shape index (κ3) is 5.80. The Morgan fingerprint density at radius 2 is 2.00 bits per heavy atom. The van der Waals surface area contributed by atoms with Crippen LogP contribution >= 0.6 is 40.7 Å². The van der Waals surface area contributed by atoms with Crippen molar-refractivity contribution in [2.45, 2.75) is 19.4 Å². The molecule has 2 N–H and O–H groups in total. The van der Waals surface area contributed by atoms with E-state index in [1.807, 2.05) is 12.1 Å². The van der Waals surface area contributed by atoms with Crippen LogP contribution in [0.25, 0.3) is 0 Å². The van der Waals surface area contributed by atoms with Crippen molar-refractivity contribution in [2.24, 2.45) is 0 Å². The van der Waals surface area contributed by atoms with E-state index >= 15 is 0 Å². The zero-order valence-corrected chi connectivity index (χ0v) is 15.4. The molecule has 0 radical (unpaired) electrons. The van der Waals surface area contributed by atoms with Crippen molar-refractivity contribution < 1.29 is 5.11 Å². The van der Waals surface area contributed by atoms with Gasteiger partial charge in [0.05, 0.1) is 4.47 Å². The number of benzene rings is 1. The molecule has 0 aromatic heterocycles. The lowest BCUT2D eigenvalue weighted by atomic mass is 9.98. The minimum absolute atomic E-state index is 0. The van der Waals surface area contributed by atoms with E-state index in [0.717, 1.165) is 37.1 Å². The second-order valence-electron chi connectivity index (χ2n) is 5.17. The molecule has 6 heteroatoms. The van der Waals surface area contributed by atoms with Gasteiger partial charge in [-0.1, -0.05) is 11.6 Å². The number of nitrogens with one attached hydrogen (secondary N) is 1. The monoisotopic (exact) mass is 396 g/mol. The molecule has 1 aliphatic heterocycles. The van der Waals surface area contributed by atoms with Gasteiger partial charge in [-0.05, 0) is 47.0 Å². The normalized spacial score (nSPS) is 16.5. The van der Waals surface area contributed by atoms with Gasteiger partial charge >= 0.3 is 0 Å². The van der Waals surface area contributed by atoms with Gasteiger partial charge in [-0.3, -0.25) is 4.90 Å². The lowest BCUT2D eigenvalue weighted by molar-refractivity contribution is 0.172. The highest BCUT2D eigenvalue weighted by Crippen LogP contribution is 2.32. The molecule has 1 fully saturated rings. The number of phenols is 1. The van der Waals surface area contributed by atoms with Crippen LogP contribution in [0.1, 0.15) is 24.9 Å². The predicted octanol–water partition coefficient (Wildman–Crippen LogP) is 3.91. The molecule has 0 spiro atoms. The van der Waals surface area contributed by atoms with Crippen molar-refractivity contribution in [2.75, 3.05) is 26.2 Å². The van der Waals surface area contributed by atoms with Gasteiger partial charge in [-0.15, -0.1) is 31.4 Å². The lowest BCUT2D eigenvalue weighted by Gasteiger charge is -2.35. The highest BCUT2D eigenvalue weighted by atomic mass is 79.9. The van der Waals surface area contributed by atoms with Crippen molar-refractivity contribution in [3.8, 4) is 5.75 Å². The Balaban J connectivity index is 0.00000200. The molecule has 120 valence electrons. The number of piperazine rings is 1. The summed E-state index contributed by atoms with van der Waals surface area (Å²) in [7, 11) is 0. The van der Waals surface area contributed by atoms with Crippen LogP contribution in [-0.2, 0) is 0 Å². The van der Waals surface area contributed by atoms with Crippen molar-refractivity contribution in [3.05, 3.63) is 40.4 Å². The van der Waals surface area contributed by atoms with Gasteiger partial charge in [0.15, 0.2) is 0 Å². The first-order valence-corrected chi connectivity index (χ1v) is 7.45. The average Bonchev–Trinajstić information content (AvgIpc) is 2.40. The van der Waals surface area contributed by atoms with Gasteiger partial charge in [0.2, 0.25) is 0 Å². The van der Waals surface area contributed by atoms with Crippen LogP contribution in [0.15, 0.2) is 34.8 Å². The highest BCUT2D eigenvalue weighted by Gasteiger charge is 2.22. The number of nitrogens with zero attached hydrogens (tertiary/aromatic N) is 1. The van der Waals surface area contributed by atoms with Gasteiger partial charge < -0.3 is 10.4 Å². The molecule has 1 aliphatic rings. The van der Waals surface area contributed by atoms with Crippen LogP contribution in [0.2, 0.25) is 0 Å².